The van der Waals surface area contributed by atoms with Crippen LogP contribution in [0.25, 0.3) is 0 Å². The average Bonchev–Trinajstić information content (AvgIpc) is 2.49. The first-order valence-electron chi connectivity index (χ1n) is 6.50. The molecule has 2 N–H and O–H groups in total. The topological polar surface area (TPSA) is 35.1 Å². The largest absolute Gasteiger partial charge is 0.493 e. The Morgan fingerprint density at radius 3 is 2.40 bits per heavy atom. The van der Waals surface area contributed by atoms with E-state index < -0.39 is 0 Å². The summed E-state index contributed by atoms with van der Waals surface area (Å²) in [4.78, 5) is 0. The number of hydrogen-bond donors (Lipinski definition) is 1. The van der Waals surface area contributed by atoms with Gasteiger partial charge in [-0.25, -0.2) is 0 Å². The Balaban J connectivity index is 1.96. The molecule has 0 atom stereocenters. The van der Waals surface area contributed by atoms with Crippen LogP contribution in [-0.4, -0.2) is 14.2 Å². The summed E-state index contributed by atoms with van der Waals surface area (Å²) in [6.45, 7) is 1.84. The Hall–Kier alpha value is -1.52. The van der Waals surface area contributed by atoms with Gasteiger partial charge in [0.15, 0.2) is 11.5 Å². The Morgan fingerprint density at radius 2 is 1.70 bits per heavy atom. The number of hydrogen-bond acceptors (Lipinski definition) is 2. The molecule has 0 bridgehead atoms. The van der Waals surface area contributed by atoms with E-state index in [4.69, 9.17) is 9.47 Å². The second-order valence-corrected chi connectivity index (χ2v) is 5.33. The molecule has 0 aliphatic rings. The van der Waals surface area contributed by atoms with Crippen molar-refractivity contribution in [3.63, 3.8) is 0 Å². The van der Waals surface area contributed by atoms with E-state index >= 15 is 0 Å². The van der Waals surface area contributed by atoms with Gasteiger partial charge in [-0.1, -0.05) is 34.1 Å². The van der Waals surface area contributed by atoms with Crippen LogP contribution in [0.4, 0.5) is 0 Å². The van der Waals surface area contributed by atoms with E-state index in [2.05, 4.69) is 45.5 Å². The molecule has 0 aromatic heterocycles. The van der Waals surface area contributed by atoms with E-state index in [0.29, 0.717) is 0 Å². The van der Waals surface area contributed by atoms with Crippen molar-refractivity contribution in [3.05, 3.63) is 58.1 Å². The summed E-state index contributed by atoms with van der Waals surface area (Å²) in [5, 5.41) is 2.27. The molecule has 0 amide bonds. The lowest BCUT2D eigenvalue weighted by atomic mass is 10.2. The van der Waals surface area contributed by atoms with Crippen molar-refractivity contribution in [2.75, 3.05) is 14.2 Å². The Morgan fingerprint density at radius 1 is 0.950 bits per heavy atom. The number of nitrogens with two attached hydrogens (primary N) is 1. The predicted molar refractivity (Wildman–Crippen MR) is 83.0 cm³/mol. The van der Waals surface area contributed by atoms with E-state index in [-0.39, 0.29) is 0 Å². The van der Waals surface area contributed by atoms with Crippen molar-refractivity contribution in [3.8, 4) is 11.5 Å². The third-order valence-electron chi connectivity index (χ3n) is 3.15. The van der Waals surface area contributed by atoms with Gasteiger partial charge in [0.2, 0.25) is 0 Å². The number of quaternary nitrogens is 1. The Kier molecular flexibility index (Phi) is 5.44. The fourth-order valence-corrected chi connectivity index (χ4v) is 2.51. The molecular weight excluding hydrogens is 318 g/mol. The number of halogens is 1. The molecular formula is C16H19BrNO2+. The molecule has 0 saturated carbocycles. The molecule has 0 unspecified atom stereocenters. The smallest absolute Gasteiger partial charge is 0.161 e. The zero-order valence-electron chi connectivity index (χ0n) is 11.7. The van der Waals surface area contributed by atoms with Crippen molar-refractivity contribution in [2.24, 2.45) is 0 Å². The van der Waals surface area contributed by atoms with Gasteiger partial charge >= 0.3 is 0 Å². The standard InChI is InChI=1S/C16H18BrNO2/c1-19-15-8-7-12(9-16(15)20-2)10-18-11-13-5-3-4-6-14(13)17/h3-9,18H,10-11H2,1-2H3/p+1. The second-order valence-electron chi connectivity index (χ2n) is 4.48. The van der Waals surface area contributed by atoms with Gasteiger partial charge in [0.25, 0.3) is 0 Å². The summed E-state index contributed by atoms with van der Waals surface area (Å²) >= 11 is 3.57. The molecule has 4 heteroatoms. The second kappa shape index (κ2) is 7.31. The third-order valence-corrected chi connectivity index (χ3v) is 3.92. The molecule has 20 heavy (non-hydrogen) atoms. The molecule has 0 heterocycles. The summed E-state index contributed by atoms with van der Waals surface area (Å²) in [6.07, 6.45) is 0. The minimum Gasteiger partial charge on any atom is -0.493 e. The highest BCUT2D eigenvalue weighted by molar-refractivity contribution is 9.10. The minimum atomic E-state index is 0.766. The van der Waals surface area contributed by atoms with Gasteiger partial charge < -0.3 is 14.8 Å². The van der Waals surface area contributed by atoms with Gasteiger partial charge in [-0.3, -0.25) is 0 Å². The van der Waals surface area contributed by atoms with E-state index in [0.717, 1.165) is 29.1 Å². The summed E-state index contributed by atoms with van der Waals surface area (Å²) in [5.74, 6) is 1.54. The summed E-state index contributed by atoms with van der Waals surface area (Å²) in [6, 6.07) is 14.3. The maximum atomic E-state index is 5.31. The van der Waals surface area contributed by atoms with Crippen LogP contribution < -0.4 is 14.8 Å². The van der Waals surface area contributed by atoms with Gasteiger partial charge in [-0.15, -0.1) is 0 Å². The molecule has 2 aromatic rings. The quantitative estimate of drug-likeness (QED) is 0.880. The first kappa shape index (κ1) is 14.9. The van der Waals surface area contributed by atoms with Crippen molar-refractivity contribution in [1.29, 1.82) is 0 Å². The lowest BCUT2D eigenvalue weighted by molar-refractivity contribution is -0.686. The van der Waals surface area contributed by atoms with Gasteiger partial charge in [0.05, 0.1) is 14.2 Å². The third kappa shape index (κ3) is 3.74. The van der Waals surface area contributed by atoms with Gasteiger partial charge in [-0.05, 0) is 24.3 Å². The zero-order chi connectivity index (χ0) is 14.4. The van der Waals surface area contributed by atoms with Gasteiger partial charge in [0, 0.05) is 15.6 Å². The highest BCUT2D eigenvalue weighted by atomic mass is 79.9. The average molecular weight is 337 g/mol. The minimum absolute atomic E-state index is 0.766. The monoisotopic (exact) mass is 336 g/mol. The van der Waals surface area contributed by atoms with Crippen LogP contribution >= 0.6 is 15.9 Å². The molecule has 2 aromatic carbocycles. The normalized spacial score (nSPS) is 10.3. The van der Waals surface area contributed by atoms with Crippen LogP contribution in [0.15, 0.2) is 46.9 Å². The van der Waals surface area contributed by atoms with Crippen molar-refractivity contribution < 1.29 is 14.8 Å². The predicted octanol–water partition coefficient (Wildman–Crippen LogP) is 2.73. The van der Waals surface area contributed by atoms with Crippen molar-refractivity contribution in [2.45, 2.75) is 13.1 Å². The molecule has 0 aliphatic carbocycles. The van der Waals surface area contributed by atoms with Crippen molar-refractivity contribution in [1.82, 2.24) is 0 Å². The number of benzene rings is 2. The summed E-state index contributed by atoms with van der Waals surface area (Å²) in [5.41, 5.74) is 2.52. The molecule has 106 valence electrons. The molecule has 0 fully saturated rings. The zero-order valence-corrected chi connectivity index (χ0v) is 13.3. The molecule has 0 saturated heterocycles. The van der Waals surface area contributed by atoms with E-state index in [1.165, 1.54) is 11.1 Å². The van der Waals surface area contributed by atoms with Crippen LogP contribution in [0.2, 0.25) is 0 Å². The molecule has 0 aliphatic heterocycles. The van der Waals surface area contributed by atoms with Crippen LogP contribution in [-0.2, 0) is 13.1 Å². The molecule has 2 rings (SSSR count). The SMILES string of the molecule is COc1ccc(C[NH2+]Cc2ccccc2Br)cc1OC. The van der Waals surface area contributed by atoms with E-state index in [9.17, 15) is 0 Å². The number of methoxy groups -OCH3 is 2. The van der Waals surface area contributed by atoms with Crippen LogP contribution in [0, 0.1) is 0 Å². The lowest BCUT2D eigenvalue weighted by Gasteiger charge is -2.09. The molecule has 3 nitrogen and oxygen atoms in total. The van der Waals surface area contributed by atoms with E-state index in [1.807, 2.05) is 18.2 Å². The first-order valence-corrected chi connectivity index (χ1v) is 7.30. The highest BCUT2D eigenvalue weighted by Gasteiger charge is 2.06. The summed E-state index contributed by atoms with van der Waals surface area (Å²) in [7, 11) is 3.31. The molecule has 0 radical (unpaired) electrons. The lowest BCUT2D eigenvalue weighted by Crippen LogP contribution is -2.80. The van der Waals surface area contributed by atoms with E-state index in [1.54, 1.807) is 14.2 Å². The van der Waals surface area contributed by atoms with Gasteiger partial charge in [0.1, 0.15) is 13.1 Å². The van der Waals surface area contributed by atoms with Gasteiger partial charge in [-0.2, -0.15) is 0 Å². The van der Waals surface area contributed by atoms with Crippen molar-refractivity contribution >= 4 is 15.9 Å². The fourth-order valence-electron chi connectivity index (χ4n) is 2.07. The Labute approximate surface area is 128 Å². The Bertz CT molecular complexity index is 572. The highest BCUT2D eigenvalue weighted by Crippen LogP contribution is 2.27. The summed E-state index contributed by atoms with van der Waals surface area (Å²) < 4.78 is 11.7. The van der Waals surface area contributed by atoms with Crippen LogP contribution in [0.1, 0.15) is 11.1 Å². The van der Waals surface area contributed by atoms with Crippen LogP contribution in [0.5, 0.6) is 11.5 Å². The first-order chi connectivity index (χ1) is 9.74. The maximum Gasteiger partial charge on any atom is 0.161 e. The number of ether oxygens (including phenoxy) is 2. The fraction of sp³-hybridized carbons (Fsp3) is 0.250. The maximum absolute atomic E-state index is 5.31. The number of rotatable bonds is 6. The molecule has 0 spiro atoms. The van der Waals surface area contributed by atoms with Crippen LogP contribution in [0.3, 0.4) is 0 Å².